The zero-order valence-corrected chi connectivity index (χ0v) is 16.2. The largest absolute Gasteiger partial charge is 0.452 e. The summed E-state index contributed by atoms with van der Waals surface area (Å²) in [7, 11) is 0. The van der Waals surface area contributed by atoms with Crippen LogP contribution in [0.1, 0.15) is 21.7 Å². The van der Waals surface area contributed by atoms with E-state index < -0.39 is 18.5 Å². The molecule has 152 valence electrons. The molecule has 0 radical (unpaired) electrons. The number of aromatic nitrogens is 5. The molecule has 0 spiro atoms. The van der Waals surface area contributed by atoms with Crippen molar-refractivity contribution in [3.05, 3.63) is 71.6 Å². The Morgan fingerprint density at radius 2 is 1.93 bits per heavy atom. The summed E-state index contributed by atoms with van der Waals surface area (Å²) in [6.45, 7) is 2.92. The molecule has 0 bridgehead atoms. The zero-order chi connectivity index (χ0) is 21.3. The van der Waals surface area contributed by atoms with Crippen LogP contribution in [0.5, 0.6) is 0 Å². The Labute approximate surface area is 170 Å². The normalized spacial score (nSPS) is 10.9. The van der Waals surface area contributed by atoms with Gasteiger partial charge in [0.25, 0.3) is 5.91 Å². The molecule has 3 heterocycles. The average molecular weight is 408 g/mol. The lowest BCUT2D eigenvalue weighted by Gasteiger charge is -2.09. The monoisotopic (exact) mass is 408 g/mol. The van der Waals surface area contributed by atoms with Crippen molar-refractivity contribution in [1.82, 2.24) is 24.4 Å². The number of nitrogens with one attached hydrogen (secondary N) is 1. The summed E-state index contributed by atoms with van der Waals surface area (Å²) in [5.41, 5.74) is 2.23. The lowest BCUT2D eigenvalue weighted by Crippen LogP contribution is -2.22. The van der Waals surface area contributed by atoms with Gasteiger partial charge in [0, 0.05) is 18.5 Å². The number of aryl methyl sites for hydroxylation is 2. The molecule has 1 amide bonds. The Morgan fingerprint density at radius 1 is 1.17 bits per heavy atom. The second-order valence-electron chi connectivity index (χ2n) is 6.53. The van der Waals surface area contributed by atoms with E-state index in [1.54, 1.807) is 50.5 Å². The lowest BCUT2D eigenvalue weighted by atomic mass is 10.2. The smallest absolute Gasteiger partial charge is 0.344 e. The van der Waals surface area contributed by atoms with Gasteiger partial charge in [-0.05, 0) is 44.2 Å². The van der Waals surface area contributed by atoms with Crippen LogP contribution in [0, 0.1) is 19.7 Å². The Morgan fingerprint density at radius 3 is 2.70 bits per heavy atom. The first-order chi connectivity index (χ1) is 14.4. The minimum Gasteiger partial charge on any atom is -0.452 e. The van der Waals surface area contributed by atoms with E-state index in [9.17, 15) is 14.0 Å². The molecule has 0 saturated heterocycles. The summed E-state index contributed by atoms with van der Waals surface area (Å²) in [4.78, 5) is 29.0. The number of hydrogen-bond acceptors (Lipinski definition) is 6. The molecule has 3 aromatic heterocycles. The third-order valence-corrected chi connectivity index (χ3v) is 4.28. The van der Waals surface area contributed by atoms with Gasteiger partial charge in [-0.15, -0.1) is 0 Å². The highest BCUT2D eigenvalue weighted by atomic mass is 19.1. The van der Waals surface area contributed by atoms with Gasteiger partial charge >= 0.3 is 5.97 Å². The first-order valence-corrected chi connectivity index (χ1v) is 9.02. The fourth-order valence-electron chi connectivity index (χ4n) is 2.99. The molecule has 0 fully saturated rings. The van der Waals surface area contributed by atoms with Crippen LogP contribution in [-0.2, 0) is 9.53 Å². The van der Waals surface area contributed by atoms with E-state index in [0.29, 0.717) is 28.5 Å². The highest BCUT2D eigenvalue weighted by Gasteiger charge is 2.21. The minimum absolute atomic E-state index is 0.204. The number of benzene rings is 1. The number of halogens is 1. The SMILES string of the molecule is Cc1cc(NC(=O)COC(=O)c2c(C)nn3cccnc23)n(-c2ccc(F)cc2)n1. The fraction of sp³-hybridized carbons (Fsp3) is 0.150. The van der Waals surface area contributed by atoms with E-state index in [1.165, 1.54) is 21.3 Å². The fourth-order valence-corrected chi connectivity index (χ4v) is 2.99. The minimum atomic E-state index is -0.695. The van der Waals surface area contributed by atoms with Gasteiger partial charge in [0.1, 0.15) is 17.2 Å². The third-order valence-electron chi connectivity index (χ3n) is 4.28. The van der Waals surface area contributed by atoms with Gasteiger partial charge in [0.2, 0.25) is 0 Å². The molecule has 4 rings (SSSR count). The Bertz CT molecular complexity index is 1250. The van der Waals surface area contributed by atoms with Crippen molar-refractivity contribution in [2.45, 2.75) is 13.8 Å². The third kappa shape index (κ3) is 3.75. The van der Waals surface area contributed by atoms with Crippen LogP contribution in [0.2, 0.25) is 0 Å². The molecule has 0 atom stereocenters. The maximum atomic E-state index is 13.2. The van der Waals surface area contributed by atoms with Crippen LogP contribution < -0.4 is 5.32 Å². The van der Waals surface area contributed by atoms with Gasteiger partial charge in [0.05, 0.1) is 17.1 Å². The molecule has 0 aliphatic carbocycles. The number of carbonyl (C=O) groups excluding carboxylic acids is 2. The molecule has 10 heteroatoms. The van der Waals surface area contributed by atoms with E-state index in [2.05, 4.69) is 20.5 Å². The maximum absolute atomic E-state index is 13.2. The summed E-state index contributed by atoms with van der Waals surface area (Å²) in [5, 5.41) is 11.1. The van der Waals surface area contributed by atoms with Crippen LogP contribution in [0.4, 0.5) is 10.2 Å². The van der Waals surface area contributed by atoms with Gasteiger partial charge in [-0.1, -0.05) is 0 Å². The second-order valence-corrected chi connectivity index (χ2v) is 6.53. The van der Waals surface area contributed by atoms with Crippen molar-refractivity contribution < 1.29 is 18.7 Å². The van der Waals surface area contributed by atoms with Crippen molar-refractivity contribution in [2.24, 2.45) is 0 Å². The summed E-state index contributed by atoms with van der Waals surface area (Å²) in [5.74, 6) is -1.25. The number of carbonyl (C=O) groups is 2. The Hall–Kier alpha value is -4.08. The molecule has 0 aliphatic rings. The Balaban J connectivity index is 1.46. The molecule has 30 heavy (non-hydrogen) atoms. The lowest BCUT2D eigenvalue weighted by molar-refractivity contribution is -0.119. The maximum Gasteiger partial charge on any atom is 0.344 e. The molecule has 1 aromatic carbocycles. The van der Waals surface area contributed by atoms with Crippen molar-refractivity contribution in [3.8, 4) is 5.69 Å². The van der Waals surface area contributed by atoms with E-state index in [1.807, 2.05) is 0 Å². The highest BCUT2D eigenvalue weighted by molar-refractivity contribution is 5.99. The van der Waals surface area contributed by atoms with Crippen molar-refractivity contribution in [2.75, 3.05) is 11.9 Å². The summed E-state index contributed by atoms with van der Waals surface area (Å²) < 4.78 is 21.3. The predicted octanol–water partition coefficient (Wildman–Crippen LogP) is 2.47. The molecule has 4 aromatic rings. The van der Waals surface area contributed by atoms with Crippen LogP contribution in [0.3, 0.4) is 0 Å². The molecule has 0 aliphatic heterocycles. The van der Waals surface area contributed by atoms with Gasteiger partial charge in [0.15, 0.2) is 12.3 Å². The van der Waals surface area contributed by atoms with Crippen molar-refractivity contribution in [1.29, 1.82) is 0 Å². The number of nitrogens with zero attached hydrogens (tertiary/aromatic N) is 5. The van der Waals surface area contributed by atoms with Crippen LogP contribution >= 0.6 is 0 Å². The van der Waals surface area contributed by atoms with Crippen molar-refractivity contribution in [3.63, 3.8) is 0 Å². The molecule has 0 saturated carbocycles. The second kappa shape index (κ2) is 7.74. The number of amides is 1. The van der Waals surface area contributed by atoms with Crippen molar-refractivity contribution >= 4 is 23.3 Å². The summed E-state index contributed by atoms with van der Waals surface area (Å²) >= 11 is 0. The first kappa shape index (κ1) is 19.2. The van der Waals surface area contributed by atoms with Crippen LogP contribution in [0.25, 0.3) is 11.3 Å². The summed E-state index contributed by atoms with van der Waals surface area (Å²) in [6.07, 6.45) is 3.20. The Kier molecular flexibility index (Phi) is 4.97. The topological polar surface area (TPSA) is 103 Å². The van der Waals surface area contributed by atoms with Gasteiger partial charge in [-0.3, -0.25) is 4.79 Å². The molecular formula is C20H17FN6O3. The van der Waals surface area contributed by atoms with E-state index in [4.69, 9.17) is 4.74 Å². The number of hydrogen-bond donors (Lipinski definition) is 1. The average Bonchev–Trinajstić information content (AvgIpc) is 3.25. The van der Waals surface area contributed by atoms with Gasteiger partial charge < -0.3 is 10.1 Å². The van der Waals surface area contributed by atoms with Gasteiger partial charge in [-0.25, -0.2) is 23.4 Å². The first-order valence-electron chi connectivity index (χ1n) is 9.02. The molecule has 0 unspecified atom stereocenters. The standard InChI is InChI=1S/C20H17FN6O3/c1-12-10-16(27(24-12)15-6-4-14(21)5-7-15)23-17(28)11-30-20(29)18-13(2)25-26-9-3-8-22-19(18)26/h3-10H,11H2,1-2H3,(H,23,28). The molecule has 1 N–H and O–H groups in total. The van der Waals surface area contributed by atoms with Gasteiger partial charge in [-0.2, -0.15) is 10.2 Å². The molecular weight excluding hydrogens is 391 g/mol. The van der Waals surface area contributed by atoms with Crippen LogP contribution in [0.15, 0.2) is 48.8 Å². The van der Waals surface area contributed by atoms with Crippen LogP contribution in [-0.4, -0.2) is 42.9 Å². The number of ether oxygens (including phenoxy) is 1. The zero-order valence-electron chi connectivity index (χ0n) is 16.2. The highest BCUT2D eigenvalue weighted by Crippen LogP contribution is 2.18. The van der Waals surface area contributed by atoms with E-state index >= 15 is 0 Å². The predicted molar refractivity (Wildman–Crippen MR) is 105 cm³/mol. The summed E-state index contributed by atoms with van der Waals surface area (Å²) in [6, 6.07) is 9.02. The molecule has 9 nitrogen and oxygen atoms in total. The number of fused-ring (bicyclic) bond motifs is 1. The quantitative estimate of drug-likeness (QED) is 0.509. The number of rotatable bonds is 5. The van der Waals surface area contributed by atoms with E-state index in [0.717, 1.165) is 0 Å². The number of esters is 1. The number of anilines is 1. The van der Waals surface area contributed by atoms with E-state index in [-0.39, 0.29) is 11.4 Å².